The molecule has 1 heterocycles. The molecule has 2 aromatic rings. The molecule has 0 fully saturated rings. The lowest BCUT2D eigenvalue weighted by Gasteiger charge is -2.10. The summed E-state index contributed by atoms with van der Waals surface area (Å²) in [6, 6.07) is 6.67. The first-order valence-electron chi connectivity index (χ1n) is 7.71. The lowest BCUT2D eigenvalue weighted by atomic mass is 10.1. The number of rotatable bonds is 6. The van der Waals surface area contributed by atoms with Crippen molar-refractivity contribution in [3.63, 3.8) is 0 Å². The number of aromatic nitrogens is 1. The van der Waals surface area contributed by atoms with E-state index in [2.05, 4.69) is 0 Å². The number of unbranched alkanes of at least 4 members (excludes halogenated alkanes) is 1. The van der Waals surface area contributed by atoms with Crippen molar-refractivity contribution in [2.75, 3.05) is 12.8 Å². The Morgan fingerprint density at radius 2 is 2.20 bits per heavy atom. The number of hydrogen-bond acceptors (Lipinski definition) is 6. The Balaban J connectivity index is 2.67. The molecule has 0 aliphatic carbocycles. The van der Waals surface area contributed by atoms with Crippen molar-refractivity contribution in [3.05, 3.63) is 51.3 Å². The average molecular weight is 342 g/mol. The lowest BCUT2D eigenvalue weighted by Crippen LogP contribution is -2.12. The maximum atomic E-state index is 12.0. The highest BCUT2D eigenvalue weighted by atomic mass is 16.6. The van der Waals surface area contributed by atoms with Crippen molar-refractivity contribution in [2.45, 2.75) is 26.2 Å². The topological polar surface area (TPSA) is 124 Å². The van der Waals surface area contributed by atoms with E-state index in [9.17, 15) is 14.9 Å². The van der Waals surface area contributed by atoms with Crippen molar-refractivity contribution in [1.29, 1.82) is 5.26 Å². The maximum absolute atomic E-state index is 12.0. The van der Waals surface area contributed by atoms with Gasteiger partial charge in [0.2, 0.25) is 0 Å². The molecule has 0 saturated carbocycles. The summed E-state index contributed by atoms with van der Waals surface area (Å²) in [6.07, 6.45) is 3.91. The largest absolute Gasteiger partial charge is 0.464 e. The number of ether oxygens (including phenoxy) is 1. The smallest absolute Gasteiger partial charge is 0.357 e. The summed E-state index contributed by atoms with van der Waals surface area (Å²) in [6.45, 7) is 2.04. The van der Waals surface area contributed by atoms with Crippen molar-refractivity contribution in [2.24, 2.45) is 0 Å². The number of nitriles is 1. The number of aryl methyl sites for hydroxylation is 1. The number of esters is 1. The molecule has 0 spiro atoms. The summed E-state index contributed by atoms with van der Waals surface area (Å²) in [4.78, 5) is 23.0. The second-order valence-electron chi connectivity index (χ2n) is 5.46. The summed E-state index contributed by atoms with van der Waals surface area (Å²) < 4.78 is 5.93. The molecule has 0 saturated heterocycles. The van der Waals surface area contributed by atoms with Crippen LogP contribution in [0.1, 0.15) is 41.4 Å². The molecule has 1 aromatic carbocycles. The summed E-state index contributed by atoms with van der Waals surface area (Å²) in [7, 11) is 1.17. The predicted octanol–water partition coefficient (Wildman–Crippen LogP) is 2.97. The van der Waals surface area contributed by atoms with Gasteiger partial charge in [-0.05, 0) is 24.5 Å². The van der Waals surface area contributed by atoms with Crippen LogP contribution in [0.4, 0.5) is 11.4 Å². The first kappa shape index (κ1) is 18.0. The first-order valence-corrected chi connectivity index (χ1v) is 7.71. The second-order valence-corrected chi connectivity index (χ2v) is 5.46. The number of benzene rings is 1. The van der Waals surface area contributed by atoms with Crippen LogP contribution < -0.4 is 5.73 Å². The normalized spacial score (nSPS) is 10.3. The highest BCUT2D eigenvalue weighted by Crippen LogP contribution is 2.31. The van der Waals surface area contributed by atoms with Crippen LogP contribution in [0.2, 0.25) is 0 Å². The fourth-order valence-corrected chi connectivity index (χ4v) is 2.56. The number of anilines is 1. The molecule has 2 N–H and O–H groups in total. The molecular weight excluding hydrogens is 324 g/mol. The zero-order valence-electron chi connectivity index (χ0n) is 14.0. The van der Waals surface area contributed by atoms with Gasteiger partial charge >= 0.3 is 5.97 Å². The Morgan fingerprint density at radius 3 is 2.76 bits per heavy atom. The number of carbonyl (C=O) groups is 1. The molecule has 0 aliphatic heterocycles. The van der Waals surface area contributed by atoms with Crippen molar-refractivity contribution in [1.82, 2.24) is 4.57 Å². The molecule has 1 aromatic heterocycles. The number of nitro groups is 1. The number of carbonyl (C=O) groups excluding carboxylic acids is 1. The van der Waals surface area contributed by atoms with Gasteiger partial charge in [0.25, 0.3) is 5.69 Å². The SMILES string of the molecule is CCCCc1ccc(-n2cc(C#N)c(N)c2C(=O)OC)c([N+](=O)[O-])c1. The second kappa shape index (κ2) is 7.49. The van der Waals surface area contributed by atoms with Crippen LogP contribution in [0.3, 0.4) is 0 Å². The fraction of sp³-hybridized carbons (Fsp3) is 0.294. The summed E-state index contributed by atoms with van der Waals surface area (Å²) in [5.74, 6) is -0.775. The Hall–Kier alpha value is -3.34. The molecule has 0 aliphatic rings. The van der Waals surface area contributed by atoms with Crippen molar-refractivity contribution < 1.29 is 14.5 Å². The fourth-order valence-electron chi connectivity index (χ4n) is 2.56. The third-order valence-corrected chi connectivity index (χ3v) is 3.86. The van der Waals surface area contributed by atoms with E-state index >= 15 is 0 Å². The minimum atomic E-state index is -0.775. The highest BCUT2D eigenvalue weighted by Gasteiger charge is 2.26. The van der Waals surface area contributed by atoms with Crippen LogP contribution >= 0.6 is 0 Å². The number of nitrogens with zero attached hydrogens (tertiary/aromatic N) is 3. The monoisotopic (exact) mass is 342 g/mol. The van der Waals surface area contributed by atoms with Gasteiger partial charge in [0.1, 0.15) is 11.8 Å². The van der Waals surface area contributed by atoms with Gasteiger partial charge in [0, 0.05) is 12.3 Å². The van der Waals surface area contributed by atoms with E-state index < -0.39 is 10.9 Å². The zero-order chi connectivity index (χ0) is 18.6. The van der Waals surface area contributed by atoms with Gasteiger partial charge in [0.15, 0.2) is 5.69 Å². The maximum Gasteiger partial charge on any atom is 0.357 e. The minimum absolute atomic E-state index is 0.0461. The van der Waals surface area contributed by atoms with Gasteiger partial charge in [-0.3, -0.25) is 10.1 Å². The molecule has 8 nitrogen and oxygen atoms in total. The Labute approximate surface area is 144 Å². The van der Waals surface area contributed by atoms with E-state index in [1.807, 2.05) is 13.0 Å². The van der Waals surface area contributed by atoms with Gasteiger partial charge in [-0.25, -0.2) is 4.79 Å². The van der Waals surface area contributed by atoms with Gasteiger partial charge in [-0.2, -0.15) is 5.26 Å². The van der Waals surface area contributed by atoms with E-state index in [4.69, 9.17) is 15.7 Å². The number of nitrogen functional groups attached to an aromatic ring is 1. The molecule has 0 amide bonds. The van der Waals surface area contributed by atoms with Crippen LogP contribution in [0, 0.1) is 21.4 Å². The third kappa shape index (κ3) is 3.45. The van der Waals surface area contributed by atoms with E-state index in [-0.39, 0.29) is 28.3 Å². The Morgan fingerprint density at radius 1 is 1.48 bits per heavy atom. The van der Waals surface area contributed by atoms with E-state index in [0.717, 1.165) is 24.8 Å². The van der Waals surface area contributed by atoms with Crippen LogP contribution in [0.15, 0.2) is 24.4 Å². The van der Waals surface area contributed by atoms with Gasteiger partial charge in [-0.15, -0.1) is 0 Å². The molecule has 0 atom stereocenters. The molecule has 0 unspecified atom stereocenters. The molecule has 2 rings (SSSR count). The summed E-state index contributed by atoms with van der Waals surface area (Å²) in [5.41, 5.74) is 6.52. The predicted molar refractivity (Wildman–Crippen MR) is 91.5 cm³/mol. The Kier molecular flexibility index (Phi) is 5.39. The Bertz CT molecular complexity index is 864. The quantitative estimate of drug-likeness (QED) is 0.489. The number of methoxy groups -OCH3 is 1. The molecule has 25 heavy (non-hydrogen) atoms. The molecular formula is C17H18N4O4. The van der Waals surface area contributed by atoms with Gasteiger partial charge in [-0.1, -0.05) is 19.4 Å². The number of hydrogen-bond donors (Lipinski definition) is 1. The number of nitrogens with two attached hydrogens (primary N) is 1. The van der Waals surface area contributed by atoms with E-state index in [1.165, 1.54) is 23.9 Å². The van der Waals surface area contributed by atoms with Crippen molar-refractivity contribution in [3.8, 4) is 11.8 Å². The minimum Gasteiger partial charge on any atom is -0.464 e. The van der Waals surface area contributed by atoms with E-state index in [1.54, 1.807) is 12.1 Å². The summed E-state index contributed by atoms with van der Waals surface area (Å²) >= 11 is 0. The molecule has 0 bridgehead atoms. The third-order valence-electron chi connectivity index (χ3n) is 3.86. The van der Waals surface area contributed by atoms with Gasteiger partial charge in [0.05, 0.1) is 23.3 Å². The van der Waals surface area contributed by atoms with Crippen LogP contribution in [0.5, 0.6) is 0 Å². The van der Waals surface area contributed by atoms with E-state index in [0.29, 0.717) is 0 Å². The molecule has 130 valence electrons. The van der Waals surface area contributed by atoms with Gasteiger partial charge < -0.3 is 15.0 Å². The summed E-state index contributed by atoms with van der Waals surface area (Å²) in [5, 5.41) is 20.7. The molecule has 8 heteroatoms. The van der Waals surface area contributed by atoms with Crippen LogP contribution in [-0.4, -0.2) is 22.6 Å². The van der Waals surface area contributed by atoms with Crippen LogP contribution in [0.25, 0.3) is 5.69 Å². The van der Waals surface area contributed by atoms with Crippen molar-refractivity contribution >= 4 is 17.3 Å². The highest BCUT2D eigenvalue weighted by molar-refractivity contribution is 5.96. The first-order chi connectivity index (χ1) is 11.9. The zero-order valence-corrected chi connectivity index (χ0v) is 14.0. The standard InChI is InChI=1S/C17H18N4O4/c1-3-4-5-11-6-7-13(14(8-11)21(23)24)20-10-12(9-18)15(19)16(20)17(22)25-2/h6-8,10H,3-5,19H2,1-2H3. The molecule has 0 radical (unpaired) electrons. The number of nitro benzene ring substituents is 1. The average Bonchev–Trinajstić information content (AvgIpc) is 2.95. The van der Waals surface area contributed by atoms with Crippen LogP contribution in [-0.2, 0) is 11.2 Å². The lowest BCUT2D eigenvalue weighted by molar-refractivity contribution is -0.384.